The van der Waals surface area contributed by atoms with Gasteiger partial charge in [-0.05, 0) is 37.1 Å². The third kappa shape index (κ3) is 3.27. The van der Waals surface area contributed by atoms with Crippen LogP contribution in [-0.4, -0.2) is 32.1 Å². The number of rotatable bonds is 2. The van der Waals surface area contributed by atoms with Gasteiger partial charge in [-0.25, -0.2) is 9.31 Å². The van der Waals surface area contributed by atoms with E-state index >= 15 is 0 Å². The normalized spacial score (nSPS) is 13.5. The minimum absolute atomic E-state index is 0.0668. The first kappa shape index (κ1) is 17.9. The van der Waals surface area contributed by atoms with E-state index in [1.165, 1.54) is 11.1 Å². The maximum Gasteiger partial charge on any atom is 0.322 e. The van der Waals surface area contributed by atoms with E-state index in [1.807, 2.05) is 57.9 Å². The molecule has 1 aliphatic rings. The zero-order chi connectivity index (χ0) is 20.0. The van der Waals surface area contributed by atoms with Crippen molar-refractivity contribution in [3.05, 3.63) is 70.2 Å². The van der Waals surface area contributed by atoms with E-state index in [0.717, 1.165) is 39.0 Å². The van der Waals surface area contributed by atoms with Crippen molar-refractivity contribution in [2.24, 2.45) is 0 Å². The molecule has 29 heavy (non-hydrogen) atoms. The van der Waals surface area contributed by atoms with Crippen LogP contribution in [0.3, 0.4) is 0 Å². The summed E-state index contributed by atoms with van der Waals surface area (Å²) in [4.78, 5) is 21.3. The van der Waals surface area contributed by atoms with Gasteiger partial charge in [-0.1, -0.05) is 47.7 Å². The van der Waals surface area contributed by atoms with Crippen LogP contribution in [0.5, 0.6) is 0 Å². The van der Waals surface area contributed by atoms with Gasteiger partial charge in [-0.3, -0.25) is 0 Å². The summed E-state index contributed by atoms with van der Waals surface area (Å²) < 4.78 is 1.95. The van der Waals surface area contributed by atoms with Crippen molar-refractivity contribution in [1.29, 1.82) is 0 Å². The van der Waals surface area contributed by atoms with Crippen molar-refractivity contribution in [3.63, 3.8) is 0 Å². The van der Waals surface area contributed by atoms with Gasteiger partial charge >= 0.3 is 6.03 Å². The molecular weight excluding hydrogens is 382 g/mol. The Labute approximate surface area is 172 Å². The van der Waals surface area contributed by atoms with Gasteiger partial charge in [-0.15, -0.1) is 5.10 Å². The first-order valence-electron chi connectivity index (χ1n) is 9.64. The molecule has 0 atom stereocenters. The molecule has 0 saturated heterocycles. The number of carbonyl (C=O) groups is 1. The molecule has 2 amide bonds. The number of amides is 2. The highest BCUT2D eigenvalue weighted by Gasteiger charge is 2.26. The standard InChI is InChI=1S/C22H21N5OS/c1-14-8-9-17(12-15(14)2)23-21(28)26-11-10-18-19(13-26)29-22-24-20(25-27(18)22)16-6-4-3-5-7-16/h3-9,12H,10-11,13H2,1-2H3,(H,23,28). The third-order valence-corrected chi connectivity index (χ3v) is 6.46. The summed E-state index contributed by atoms with van der Waals surface area (Å²) in [5.74, 6) is 0.745. The lowest BCUT2D eigenvalue weighted by atomic mass is 10.1. The van der Waals surface area contributed by atoms with Crippen LogP contribution in [0.4, 0.5) is 10.5 Å². The SMILES string of the molecule is Cc1ccc(NC(=O)N2CCc3c(sc4nc(-c5ccccc5)nn34)C2)cc1C. The van der Waals surface area contributed by atoms with Gasteiger partial charge in [0, 0.05) is 29.1 Å². The number of carbonyl (C=O) groups excluding carboxylic acids is 1. The second-order valence-electron chi connectivity index (χ2n) is 7.37. The first-order chi connectivity index (χ1) is 14.1. The molecule has 5 rings (SSSR count). The third-order valence-electron chi connectivity index (χ3n) is 5.40. The van der Waals surface area contributed by atoms with E-state index in [2.05, 4.69) is 19.2 Å². The molecule has 7 heteroatoms. The summed E-state index contributed by atoms with van der Waals surface area (Å²) in [6, 6.07) is 15.9. The van der Waals surface area contributed by atoms with Crippen LogP contribution in [0.15, 0.2) is 48.5 Å². The van der Waals surface area contributed by atoms with Crippen LogP contribution in [0.25, 0.3) is 16.3 Å². The molecule has 0 fully saturated rings. The molecule has 4 aromatic rings. The predicted octanol–water partition coefficient (Wildman–Crippen LogP) is 4.66. The van der Waals surface area contributed by atoms with E-state index < -0.39 is 0 Å². The second-order valence-corrected chi connectivity index (χ2v) is 8.43. The van der Waals surface area contributed by atoms with Gasteiger partial charge < -0.3 is 10.2 Å². The number of hydrogen-bond acceptors (Lipinski definition) is 4. The first-order valence-corrected chi connectivity index (χ1v) is 10.5. The molecule has 0 radical (unpaired) electrons. The minimum atomic E-state index is -0.0668. The maximum atomic E-state index is 12.7. The van der Waals surface area contributed by atoms with E-state index in [-0.39, 0.29) is 6.03 Å². The Balaban J connectivity index is 1.35. The number of nitrogens with one attached hydrogen (secondary N) is 1. The summed E-state index contributed by atoms with van der Waals surface area (Å²) in [5.41, 5.74) is 5.40. The fourth-order valence-corrected chi connectivity index (χ4v) is 4.71. The van der Waals surface area contributed by atoms with E-state index in [4.69, 9.17) is 10.1 Å². The molecular formula is C22H21N5OS. The Morgan fingerprint density at radius 2 is 1.93 bits per heavy atom. The number of anilines is 1. The smallest absolute Gasteiger partial charge is 0.319 e. The molecule has 6 nitrogen and oxygen atoms in total. The van der Waals surface area contributed by atoms with Crippen LogP contribution in [-0.2, 0) is 13.0 Å². The van der Waals surface area contributed by atoms with E-state index in [9.17, 15) is 4.79 Å². The van der Waals surface area contributed by atoms with Crippen molar-refractivity contribution >= 4 is 28.0 Å². The highest BCUT2D eigenvalue weighted by Crippen LogP contribution is 2.30. The molecule has 0 spiro atoms. The number of urea groups is 1. The zero-order valence-electron chi connectivity index (χ0n) is 16.3. The number of hydrogen-bond donors (Lipinski definition) is 1. The number of aryl methyl sites for hydroxylation is 2. The van der Waals surface area contributed by atoms with Crippen LogP contribution >= 0.6 is 11.3 Å². The Kier molecular flexibility index (Phi) is 4.32. The summed E-state index contributed by atoms with van der Waals surface area (Å²) in [6.07, 6.45) is 0.771. The van der Waals surface area contributed by atoms with Crippen molar-refractivity contribution in [1.82, 2.24) is 19.5 Å². The lowest BCUT2D eigenvalue weighted by Crippen LogP contribution is -2.38. The summed E-state index contributed by atoms with van der Waals surface area (Å²) in [6.45, 7) is 5.37. The Hall–Kier alpha value is -3.19. The quantitative estimate of drug-likeness (QED) is 0.529. The molecule has 0 unspecified atom stereocenters. The van der Waals surface area contributed by atoms with Gasteiger partial charge in [0.05, 0.1) is 12.2 Å². The van der Waals surface area contributed by atoms with Crippen LogP contribution in [0.2, 0.25) is 0 Å². The molecule has 1 aliphatic heterocycles. The summed E-state index contributed by atoms with van der Waals surface area (Å²) in [5, 5.41) is 7.73. The Bertz CT molecular complexity index is 1210. The van der Waals surface area contributed by atoms with Gasteiger partial charge in [0.1, 0.15) is 0 Å². The fourth-order valence-electron chi connectivity index (χ4n) is 3.59. The minimum Gasteiger partial charge on any atom is -0.319 e. The molecule has 0 bridgehead atoms. The lowest BCUT2D eigenvalue weighted by molar-refractivity contribution is 0.206. The highest BCUT2D eigenvalue weighted by molar-refractivity contribution is 7.17. The Morgan fingerprint density at radius 1 is 1.10 bits per heavy atom. The zero-order valence-corrected chi connectivity index (χ0v) is 17.2. The van der Waals surface area contributed by atoms with Crippen LogP contribution in [0.1, 0.15) is 21.7 Å². The fraction of sp³-hybridized carbons (Fsp3) is 0.227. The number of aromatic nitrogens is 3. The van der Waals surface area contributed by atoms with Crippen molar-refractivity contribution < 1.29 is 4.79 Å². The van der Waals surface area contributed by atoms with Crippen molar-refractivity contribution in [2.75, 3.05) is 11.9 Å². The number of fused-ring (bicyclic) bond motifs is 3. The van der Waals surface area contributed by atoms with Crippen LogP contribution < -0.4 is 5.32 Å². The number of thiazole rings is 1. The van der Waals surface area contributed by atoms with Gasteiger partial charge in [-0.2, -0.15) is 4.98 Å². The molecule has 2 aromatic carbocycles. The topological polar surface area (TPSA) is 62.5 Å². The maximum absolute atomic E-state index is 12.7. The van der Waals surface area contributed by atoms with Crippen molar-refractivity contribution in [3.8, 4) is 11.4 Å². The monoisotopic (exact) mass is 403 g/mol. The molecule has 0 saturated carbocycles. The van der Waals surface area contributed by atoms with Gasteiger partial charge in [0.2, 0.25) is 4.96 Å². The molecule has 1 N–H and O–H groups in total. The van der Waals surface area contributed by atoms with E-state index in [1.54, 1.807) is 11.3 Å². The lowest BCUT2D eigenvalue weighted by Gasteiger charge is -2.26. The summed E-state index contributed by atoms with van der Waals surface area (Å²) >= 11 is 1.61. The van der Waals surface area contributed by atoms with E-state index in [0.29, 0.717) is 13.1 Å². The molecule has 0 aliphatic carbocycles. The predicted molar refractivity (Wildman–Crippen MR) is 115 cm³/mol. The van der Waals surface area contributed by atoms with Crippen molar-refractivity contribution in [2.45, 2.75) is 26.8 Å². The number of nitrogens with zero attached hydrogens (tertiary/aromatic N) is 4. The second kappa shape index (κ2) is 7.00. The average Bonchev–Trinajstić information content (AvgIpc) is 3.29. The largest absolute Gasteiger partial charge is 0.322 e. The molecule has 2 aromatic heterocycles. The Morgan fingerprint density at radius 3 is 2.72 bits per heavy atom. The molecule has 3 heterocycles. The average molecular weight is 404 g/mol. The number of benzene rings is 2. The highest BCUT2D eigenvalue weighted by atomic mass is 32.1. The molecule has 146 valence electrons. The van der Waals surface area contributed by atoms with Gasteiger partial charge in [0.15, 0.2) is 5.82 Å². The summed E-state index contributed by atoms with van der Waals surface area (Å²) in [7, 11) is 0. The van der Waals surface area contributed by atoms with Gasteiger partial charge in [0.25, 0.3) is 0 Å². The van der Waals surface area contributed by atoms with Crippen LogP contribution in [0, 0.1) is 13.8 Å².